The van der Waals surface area contributed by atoms with Gasteiger partial charge in [0.15, 0.2) is 11.6 Å². The molecule has 1 atom stereocenters. The molecule has 1 aromatic carbocycles. The second-order valence-electron chi connectivity index (χ2n) is 4.49. The number of nitrogens with one attached hydrogen (secondary N) is 1. The predicted octanol–water partition coefficient (Wildman–Crippen LogP) is 1.56. The minimum atomic E-state index is -0.876. The van der Waals surface area contributed by atoms with Crippen LogP contribution in [0.1, 0.15) is 24.6 Å². The van der Waals surface area contributed by atoms with E-state index in [-0.39, 0.29) is 24.7 Å². The maximum atomic E-state index is 13.2. The number of carbonyl (C=O) groups is 1. The highest BCUT2D eigenvalue weighted by Crippen LogP contribution is 2.35. The molecule has 2 fully saturated rings. The zero-order valence-corrected chi connectivity index (χ0v) is 9.12. The molecule has 1 saturated heterocycles. The van der Waals surface area contributed by atoms with E-state index < -0.39 is 11.6 Å². The van der Waals surface area contributed by atoms with Crippen LogP contribution in [-0.4, -0.2) is 23.4 Å². The van der Waals surface area contributed by atoms with Gasteiger partial charge in [0.05, 0.1) is 6.54 Å². The van der Waals surface area contributed by atoms with Gasteiger partial charge in [-0.15, -0.1) is 0 Å². The Morgan fingerprint density at radius 1 is 1.24 bits per heavy atom. The predicted molar refractivity (Wildman–Crippen MR) is 57.0 cm³/mol. The molecule has 1 unspecified atom stereocenters. The summed E-state index contributed by atoms with van der Waals surface area (Å²) in [4.78, 5) is 13.4. The Hall–Kier alpha value is -1.49. The van der Waals surface area contributed by atoms with Crippen molar-refractivity contribution in [3.63, 3.8) is 0 Å². The van der Waals surface area contributed by atoms with Crippen molar-refractivity contribution >= 4 is 5.91 Å². The van der Waals surface area contributed by atoms with Crippen LogP contribution in [0.3, 0.4) is 0 Å². The van der Waals surface area contributed by atoms with Crippen LogP contribution in [0.2, 0.25) is 0 Å². The van der Waals surface area contributed by atoms with Gasteiger partial charge < -0.3 is 4.90 Å². The number of hydrogen-bond acceptors (Lipinski definition) is 2. The third-order valence-corrected chi connectivity index (χ3v) is 3.21. The summed E-state index contributed by atoms with van der Waals surface area (Å²) in [5, 5.41) is 3.03. The number of hydrogen-bond donors (Lipinski definition) is 1. The average Bonchev–Trinajstić information content (AvgIpc) is 3.06. The molecular formula is C12H12F2N2O. The van der Waals surface area contributed by atoms with Gasteiger partial charge in [0.2, 0.25) is 5.91 Å². The number of halogens is 2. The number of nitrogens with zero attached hydrogens (tertiary/aromatic N) is 1. The largest absolute Gasteiger partial charge is 0.319 e. The smallest absolute Gasteiger partial charge is 0.238 e. The number of benzene rings is 1. The van der Waals surface area contributed by atoms with Gasteiger partial charge in [-0.2, -0.15) is 0 Å². The highest BCUT2D eigenvalue weighted by atomic mass is 19.2. The minimum Gasteiger partial charge on any atom is -0.319 e. The molecule has 1 heterocycles. The molecule has 0 spiro atoms. The van der Waals surface area contributed by atoms with Gasteiger partial charge in [0.25, 0.3) is 0 Å². The van der Waals surface area contributed by atoms with Gasteiger partial charge in [0.1, 0.15) is 6.17 Å². The quantitative estimate of drug-likeness (QED) is 0.848. The van der Waals surface area contributed by atoms with Crippen LogP contribution in [0.15, 0.2) is 18.2 Å². The fourth-order valence-corrected chi connectivity index (χ4v) is 2.25. The van der Waals surface area contributed by atoms with E-state index in [0.717, 1.165) is 25.0 Å². The third-order valence-electron chi connectivity index (χ3n) is 3.21. The molecule has 0 aromatic heterocycles. The fourth-order valence-electron chi connectivity index (χ4n) is 2.25. The standard InChI is InChI=1S/C12H12F2N2O/c13-9-4-1-7(5-10(9)14)12-15-6-11(17)16(12)8-2-3-8/h1,4-5,8,12,15H,2-3,6H2. The van der Waals surface area contributed by atoms with Crippen molar-refractivity contribution in [1.29, 1.82) is 0 Å². The van der Waals surface area contributed by atoms with Crippen molar-refractivity contribution in [3.8, 4) is 0 Å². The van der Waals surface area contributed by atoms with Crippen molar-refractivity contribution in [1.82, 2.24) is 10.2 Å². The van der Waals surface area contributed by atoms with E-state index in [2.05, 4.69) is 5.32 Å². The molecule has 1 aromatic rings. The summed E-state index contributed by atoms with van der Waals surface area (Å²) in [6.45, 7) is 0.264. The van der Waals surface area contributed by atoms with E-state index in [4.69, 9.17) is 0 Å². The molecule has 1 amide bonds. The van der Waals surface area contributed by atoms with Gasteiger partial charge in [-0.1, -0.05) is 6.07 Å². The van der Waals surface area contributed by atoms with E-state index >= 15 is 0 Å². The molecule has 2 aliphatic rings. The summed E-state index contributed by atoms with van der Waals surface area (Å²) in [5.41, 5.74) is 0.599. The summed E-state index contributed by atoms with van der Waals surface area (Å²) < 4.78 is 26.0. The lowest BCUT2D eigenvalue weighted by atomic mass is 10.1. The van der Waals surface area contributed by atoms with E-state index in [1.807, 2.05) is 0 Å². The molecule has 1 aliphatic carbocycles. The topological polar surface area (TPSA) is 32.3 Å². The summed E-state index contributed by atoms with van der Waals surface area (Å²) in [6, 6.07) is 4.03. The van der Waals surface area contributed by atoms with Gasteiger partial charge in [-0.25, -0.2) is 8.78 Å². The van der Waals surface area contributed by atoms with Crippen LogP contribution >= 0.6 is 0 Å². The normalized spacial score (nSPS) is 24.5. The first kappa shape index (κ1) is 10.7. The average molecular weight is 238 g/mol. The van der Waals surface area contributed by atoms with E-state index in [1.165, 1.54) is 6.07 Å². The van der Waals surface area contributed by atoms with Crippen molar-refractivity contribution in [2.24, 2.45) is 0 Å². The van der Waals surface area contributed by atoms with Crippen molar-refractivity contribution in [3.05, 3.63) is 35.4 Å². The maximum Gasteiger partial charge on any atom is 0.238 e. The first-order valence-electron chi connectivity index (χ1n) is 5.66. The highest BCUT2D eigenvalue weighted by Gasteiger charge is 2.41. The monoisotopic (exact) mass is 238 g/mol. The second kappa shape index (κ2) is 3.77. The van der Waals surface area contributed by atoms with Crippen molar-refractivity contribution < 1.29 is 13.6 Å². The molecule has 0 bridgehead atoms. The van der Waals surface area contributed by atoms with Gasteiger partial charge in [-0.05, 0) is 30.5 Å². The maximum absolute atomic E-state index is 13.2. The zero-order valence-electron chi connectivity index (χ0n) is 9.12. The lowest BCUT2D eigenvalue weighted by molar-refractivity contribution is -0.128. The lowest BCUT2D eigenvalue weighted by Crippen LogP contribution is -2.32. The SMILES string of the molecule is O=C1CNC(c2ccc(F)c(F)c2)N1C1CC1. The first-order valence-corrected chi connectivity index (χ1v) is 5.66. The Morgan fingerprint density at radius 3 is 2.65 bits per heavy atom. The minimum absolute atomic E-state index is 0.0298. The molecule has 0 radical (unpaired) electrons. The zero-order chi connectivity index (χ0) is 12.0. The molecule has 3 nitrogen and oxygen atoms in total. The molecule has 90 valence electrons. The molecule has 3 rings (SSSR count). The van der Waals surface area contributed by atoms with Crippen LogP contribution < -0.4 is 5.32 Å². The Morgan fingerprint density at radius 2 is 2.00 bits per heavy atom. The summed E-state index contributed by atoms with van der Waals surface area (Å²) in [6.07, 6.45) is 1.67. The summed E-state index contributed by atoms with van der Waals surface area (Å²) in [7, 11) is 0. The van der Waals surface area contributed by atoms with Crippen LogP contribution in [0, 0.1) is 11.6 Å². The van der Waals surface area contributed by atoms with E-state index in [1.54, 1.807) is 4.90 Å². The molecular weight excluding hydrogens is 226 g/mol. The summed E-state index contributed by atoms with van der Waals surface area (Å²) >= 11 is 0. The number of carbonyl (C=O) groups excluding carboxylic acids is 1. The Bertz CT molecular complexity index is 474. The van der Waals surface area contributed by atoms with Crippen LogP contribution in [0.4, 0.5) is 8.78 Å². The second-order valence-corrected chi connectivity index (χ2v) is 4.49. The van der Waals surface area contributed by atoms with Gasteiger partial charge in [-0.3, -0.25) is 10.1 Å². The molecule has 1 saturated carbocycles. The molecule has 1 N–H and O–H groups in total. The van der Waals surface area contributed by atoms with Crippen LogP contribution in [-0.2, 0) is 4.79 Å². The van der Waals surface area contributed by atoms with E-state index in [9.17, 15) is 13.6 Å². The van der Waals surface area contributed by atoms with Gasteiger partial charge >= 0.3 is 0 Å². The molecule has 1 aliphatic heterocycles. The Kier molecular flexibility index (Phi) is 2.36. The Labute approximate surface area is 97.4 Å². The first-order chi connectivity index (χ1) is 8.16. The van der Waals surface area contributed by atoms with Crippen molar-refractivity contribution in [2.45, 2.75) is 25.0 Å². The number of rotatable bonds is 2. The highest BCUT2D eigenvalue weighted by molar-refractivity contribution is 5.81. The van der Waals surface area contributed by atoms with E-state index in [0.29, 0.717) is 5.56 Å². The molecule has 17 heavy (non-hydrogen) atoms. The van der Waals surface area contributed by atoms with Crippen LogP contribution in [0.5, 0.6) is 0 Å². The summed E-state index contributed by atoms with van der Waals surface area (Å²) in [5.74, 6) is -1.71. The third kappa shape index (κ3) is 1.80. The fraction of sp³-hybridized carbons (Fsp3) is 0.417. The lowest BCUT2D eigenvalue weighted by Gasteiger charge is -2.24. The van der Waals surface area contributed by atoms with Gasteiger partial charge in [0, 0.05) is 6.04 Å². The van der Waals surface area contributed by atoms with Crippen LogP contribution in [0.25, 0.3) is 0 Å². The molecule has 5 heteroatoms. The van der Waals surface area contributed by atoms with Crippen molar-refractivity contribution in [2.75, 3.05) is 6.54 Å². The Balaban J connectivity index is 1.92. The number of amides is 1.